The van der Waals surface area contributed by atoms with Crippen molar-refractivity contribution in [3.63, 3.8) is 0 Å². The maximum absolute atomic E-state index is 17.2. The fraction of sp³-hybridized carbons (Fsp3) is 0.138. The molecule has 0 aliphatic rings. The highest BCUT2D eigenvalue weighted by Gasteiger charge is 2.28. The maximum atomic E-state index is 17.2. The molecule has 0 aromatic heterocycles. The molecule has 10 rings (SSSR count). The Morgan fingerprint density at radius 1 is 0.344 bits per heavy atom. The Labute approximate surface area is 370 Å². The largest absolute Gasteiger partial charge is 0.310 e. The lowest BCUT2D eigenvalue weighted by Crippen LogP contribution is -2.12. The molecule has 10 aromatic carbocycles. The summed E-state index contributed by atoms with van der Waals surface area (Å²) in [6, 6.07) is 50.5. The van der Waals surface area contributed by atoms with Gasteiger partial charge in [-0.05, 0) is 137 Å². The van der Waals surface area contributed by atoms with Crippen molar-refractivity contribution >= 4 is 88.0 Å². The quantitative estimate of drug-likeness (QED) is 0.0854. The molecule has 10 aromatic rings. The van der Waals surface area contributed by atoms with Gasteiger partial charge in [-0.1, -0.05) is 124 Å². The molecular formula is C58H46F4N2. The summed E-state index contributed by atoms with van der Waals surface area (Å²) in [7, 11) is 0. The van der Waals surface area contributed by atoms with Crippen molar-refractivity contribution in [2.45, 2.75) is 53.4 Å². The molecule has 0 bridgehead atoms. The molecule has 0 N–H and O–H groups in total. The first-order valence-electron chi connectivity index (χ1n) is 21.8. The Balaban J connectivity index is 1.39. The molecule has 6 heteroatoms. The summed E-state index contributed by atoms with van der Waals surface area (Å²) in [6.07, 6.45) is 0. The third-order valence-corrected chi connectivity index (χ3v) is 12.8. The van der Waals surface area contributed by atoms with Crippen molar-refractivity contribution in [1.82, 2.24) is 0 Å². The van der Waals surface area contributed by atoms with E-state index in [1.807, 2.05) is 117 Å². The molecule has 316 valence electrons. The second-order valence-corrected chi connectivity index (χ2v) is 17.6. The summed E-state index contributed by atoms with van der Waals surface area (Å²) in [5.74, 6) is -4.08. The zero-order chi connectivity index (χ0) is 44.6. The van der Waals surface area contributed by atoms with Gasteiger partial charge in [-0.2, -0.15) is 0 Å². The smallest absolute Gasteiger partial charge is 0.195 e. The minimum Gasteiger partial charge on any atom is -0.310 e. The van der Waals surface area contributed by atoms with Crippen molar-refractivity contribution in [3.8, 4) is 0 Å². The monoisotopic (exact) mass is 846 g/mol. The van der Waals surface area contributed by atoms with Gasteiger partial charge in [-0.15, -0.1) is 0 Å². The molecule has 0 spiro atoms. The first kappa shape index (κ1) is 40.9. The number of hydrogen-bond acceptors (Lipinski definition) is 2. The summed E-state index contributed by atoms with van der Waals surface area (Å²) in [5, 5.41) is 4.20. The number of anilines is 6. The van der Waals surface area contributed by atoms with Gasteiger partial charge in [-0.25, -0.2) is 17.6 Å². The fourth-order valence-electron chi connectivity index (χ4n) is 9.41. The van der Waals surface area contributed by atoms with Crippen LogP contribution in [0.2, 0.25) is 0 Å². The Morgan fingerprint density at radius 2 is 0.781 bits per heavy atom. The van der Waals surface area contributed by atoms with Gasteiger partial charge in [-0.3, -0.25) is 0 Å². The van der Waals surface area contributed by atoms with Crippen molar-refractivity contribution in [3.05, 3.63) is 203 Å². The zero-order valence-electron chi connectivity index (χ0n) is 36.6. The molecule has 0 fully saturated rings. The molecule has 0 unspecified atom stereocenters. The van der Waals surface area contributed by atoms with E-state index < -0.39 is 23.3 Å². The second-order valence-electron chi connectivity index (χ2n) is 17.6. The Bertz CT molecular complexity index is 3430. The average molecular weight is 847 g/mol. The predicted octanol–water partition coefficient (Wildman–Crippen LogP) is 17.8. The highest BCUT2D eigenvalue weighted by atomic mass is 19.2. The maximum Gasteiger partial charge on any atom is 0.195 e. The van der Waals surface area contributed by atoms with Crippen LogP contribution in [0.5, 0.6) is 0 Å². The van der Waals surface area contributed by atoms with Gasteiger partial charge in [0.25, 0.3) is 0 Å². The first-order valence-corrected chi connectivity index (χ1v) is 21.8. The van der Waals surface area contributed by atoms with Crippen molar-refractivity contribution in [1.29, 1.82) is 0 Å². The molecular weight excluding hydrogens is 801 g/mol. The second kappa shape index (κ2) is 15.9. The minimum absolute atomic E-state index is 0.0859. The van der Waals surface area contributed by atoms with Crippen LogP contribution in [0.1, 0.15) is 61.8 Å². The number of halogens is 4. The van der Waals surface area contributed by atoms with Gasteiger partial charge in [0.05, 0.1) is 11.4 Å². The van der Waals surface area contributed by atoms with Crippen LogP contribution < -0.4 is 9.80 Å². The minimum atomic E-state index is -1.57. The predicted molar refractivity (Wildman–Crippen MR) is 261 cm³/mol. The number of nitrogens with zero attached hydrogens (tertiary/aromatic N) is 2. The average Bonchev–Trinajstić information content (AvgIpc) is 3.30. The first-order chi connectivity index (χ1) is 30.9. The van der Waals surface area contributed by atoms with Crippen molar-refractivity contribution < 1.29 is 17.6 Å². The summed E-state index contributed by atoms with van der Waals surface area (Å²) < 4.78 is 66.1. The summed E-state index contributed by atoms with van der Waals surface area (Å²) in [4.78, 5) is 4.17. The van der Waals surface area contributed by atoms with Gasteiger partial charge in [0.15, 0.2) is 17.5 Å². The van der Waals surface area contributed by atoms with E-state index in [2.05, 4.69) is 73.9 Å². The molecule has 0 amide bonds. The summed E-state index contributed by atoms with van der Waals surface area (Å²) in [5.41, 5.74) is 9.14. The molecule has 0 saturated heterocycles. The standard InChI is InChI=1S/C58H46F4N2/c1-33(2)37-18-26-41(27-19-37)63(39-22-14-35(5)15-23-39)51-32-48-53(44-11-8-7-10-43(44)51)56-47(46-30-50(60)57(61)58(62)54(46)48)31-52(45-12-9-13-49(59)55(45)56)64(40-24-16-36(6)17-25-40)42-28-20-38(21-29-42)34(3)4/h7-34H,1-6H3. The van der Waals surface area contributed by atoms with Gasteiger partial charge >= 0.3 is 0 Å². The molecule has 0 aliphatic heterocycles. The fourth-order valence-corrected chi connectivity index (χ4v) is 9.41. The molecule has 0 saturated carbocycles. The lowest BCUT2D eigenvalue weighted by atomic mass is 9.86. The number of rotatable bonds is 8. The van der Waals surface area contributed by atoms with E-state index in [0.717, 1.165) is 50.9 Å². The lowest BCUT2D eigenvalue weighted by Gasteiger charge is -2.30. The number of aryl methyl sites for hydroxylation is 2. The van der Waals surface area contributed by atoms with Crippen LogP contribution in [0.15, 0.2) is 158 Å². The summed E-state index contributed by atoms with van der Waals surface area (Å²) in [6.45, 7) is 12.6. The van der Waals surface area contributed by atoms with Gasteiger partial charge in [0, 0.05) is 49.7 Å². The van der Waals surface area contributed by atoms with E-state index in [1.54, 1.807) is 6.07 Å². The van der Waals surface area contributed by atoms with E-state index >= 15 is 17.6 Å². The number of fused-ring (bicyclic) bond motifs is 10. The third-order valence-electron chi connectivity index (χ3n) is 12.8. The normalized spacial score (nSPS) is 11.9. The molecule has 0 radical (unpaired) electrons. The van der Waals surface area contributed by atoms with Crippen LogP contribution in [0.25, 0.3) is 53.9 Å². The van der Waals surface area contributed by atoms with Gasteiger partial charge < -0.3 is 9.80 Å². The highest BCUT2D eigenvalue weighted by Crippen LogP contribution is 2.51. The van der Waals surface area contributed by atoms with E-state index in [4.69, 9.17) is 0 Å². The number of hydrogen-bond donors (Lipinski definition) is 0. The van der Waals surface area contributed by atoms with Crippen LogP contribution in [0.3, 0.4) is 0 Å². The third kappa shape index (κ3) is 6.71. The van der Waals surface area contributed by atoms with E-state index in [-0.39, 0.29) is 10.8 Å². The Morgan fingerprint density at radius 3 is 1.30 bits per heavy atom. The summed E-state index contributed by atoms with van der Waals surface area (Å²) >= 11 is 0. The molecule has 0 aliphatic carbocycles. The van der Waals surface area contributed by atoms with E-state index in [1.165, 1.54) is 11.6 Å². The molecule has 2 nitrogen and oxygen atoms in total. The highest BCUT2D eigenvalue weighted by molar-refractivity contribution is 6.39. The Kier molecular flexibility index (Phi) is 10.1. The van der Waals surface area contributed by atoms with Crippen molar-refractivity contribution in [2.24, 2.45) is 0 Å². The van der Waals surface area contributed by atoms with Gasteiger partial charge in [0.1, 0.15) is 5.82 Å². The molecule has 0 heterocycles. The van der Waals surface area contributed by atoms with Crippen LogP contribution in [-0.2, 0) is 0 Å². The van der Waals surface area contributed by atoms with Crippen LogP contribution >= 0.6 is 0 Å². The molecule has 64 heavy (non-hydrogen) atoms. The van der Waals surface area contributed by atoms with Crippen LogP contribution in [0, 0.1) is 37.1 Å². The molecule has 0 atom stereocenters. The van der Waals surface area contributed by atoms with Gasteiger partial charge in [0.2, 0.25) is 0 Å². The number of benzene rings is 10. The topological polar surface area (TPSA) is 6.48 Å². The Hall–Kier alpha value is -7.18. The van der Waals surface area contributed by atoms with Crippen LogP contribution in [-0.4, -0.2) is 0 Å². The van der Waals surface area contributed by atoms with Crippen molar-refractivity contribution in [2.75, 3.05) is 9.80 Å². The lowest BCUT2D eigenvalue weighted by molar-refractivity contribution is 0.454. The van der Waals surface area contributed by atoms with E-state index in [9.17, 15) is 0 Å². The van der Waals surface area contributed by atoms with E-state index in [0.29, 0.717) is 60.9 Å². The SMILES string of the molecule is Cc1ccc(N(c2ccc(C(C)C)cc2)c2cc3c4c(F)c(F)c(F)cc4c4cc(N(c5ccc(C)cc5)c5ccc(C(C)C)cc5)c5cccc(F)c5c4c3c3ccccc23)cc1. The zero-order valence-corrected chi connectivity index (χ0v) is 36.6. The van der Waals surface area contributed by atoms with Crippen LogP contribution in [0.4, 0.5) is 51.7 Å².